The van der Waals surface area contributed by atoms with Crippen LogP contribution in [0.4, 0.5) is 4.79 Å². The standard InChI is InChI=1S/C30H47NO8/c1-18(2)21(27(32)20-11-12-24(36-9)26(15-20)37-14-10-13-35-8)16-23(31-29(34)39-30(5,6)7)25-17-22(19(3)4)28(33)38-25/h11-12,15,18-19,21-23,25H,10,13-14,16-17H2,1-9H3,(H,31,34)/t21-,22?,23-,25-/m0/s1. The van der Waals surface area contributed by atoms with E-state index >= 15 is 0 Å². The molecule has 1 aliphatic rings. The first-order chi connectivity index (χ1) is 18.3. The van der Waals surface area contributed by atoms with Crippen molar-refractivity contribution in [1.29, 1.82) is 0 Å². The van der Waals surface area contributed by atoms with Gasteiger partial charge in [0.1, 0.15) is 11.7 Å². The Bertz CT molecular complexity index is 968. The molecule has 0 saturated carbocycles. The minimum atomic E-state index is -0.697. The normalized spacial score (nSPS) is 19.0. The Morgan fingerprint density at radius 3 is 2.31 bits per heavy atom. The lowest BCUT2D eigenvalue weighted by Gasteiger charge is -2.30. The molecule has 0 aliphatic carbocycles. The Morgan fingerprint density at radius 1 is 1.08 bits per heavy atom. The molecule has 0 bridgehead atoms. The van der Waals surface area contributed by atoms with Crippen LogP contribution in [0.3, 0.4) is 0 Å². The van der Waals surface area contributed by atoms with E-state index in [0.717, 1.165) is 0 Å². The second-order valence-electron chi connectivity index (χ2n) is 11.8. The number of amides is 1. The average Bonchev–Trinajstić information content (AvgIpc) is 3.24. The fraction of sp³-hybridized carbons (Fsp3) is 0.700. The SMILES string of the molecule is COCCCOc1cc(C(=O)[C@@H](C[C@H](NC(=O)OC(C)(C)C)[C@@H]2CC(C(C)C)C(=O)O2)C(C)C)ccc1OC. The van der Waals surface area contributed by atoms with Gasteiger partial charge in [-0.2, -0.15) is 0 Å². The first-order valence-corrected chi connectivity index (χ1v) is 13.8. The summed E-state index contributed by atoms with van der Waals surface area (Å²) in [6.45, 7) is 14.2. The van der Waals surface area contributed by atoms with Crippen LogP contribution in [0.15, 0.2) is 18.2 Å². The number of benzene rings is 1. The molecule has 4 atom stereocenters. The third-order valence-electron chi connectivity index (χ3n) is 6.86. The number of hydrogen-bond acceptors (Lipinski definition) is 8. The molecule has 9 heteroatoms. The molecule has 0 aromatic heterocycles. The number of alkyl carbamates (subject to hydrolysis) is 1. The molecule has 1 saturated heterocycles. The van der Waals surface area contributed by atoms with E-state index < -0.39 is 29.8 Å². The number of Topliss-reactive ketones (excluding diaryl/α,β-unsaturated/α-hetero) is 1. The van der Waals surface area contributed by atoms with Gasteiger partial charge in [-0.25, -0.2) is 4.79 Å². The number of hydrogen-bond donors (Lipinski definition) is 1. The van der Waals surface area contributed by atoms with Gasteiger partial charge >= 0.3 is 12.1 Å². The molecule has 1 amide bonds. The summed E-state index contributed by atoms with van der Waals surface area (Å²) in [7, 11) is 3.18. The molecule has 1 N–H and O–H groups in total. The Labute approximate surface area is 233 Å². The first kappa shape index (κ1) is 32.4. The molecule has 2 rings (SSSR count). The highest BCUT2D eigenvalue weighted by molar-refractivity contribution is 5.98. The van der Waals surface area contributed by atoms with Crippen molar-refractivity contribution in [3.8, 4) is 11.5 Å². The second kappa shape index (κ2) is 14.5. The van der Waals surface area contributed by atoms with E-state index in [4.69, 9.17) is 23.7 Å². The fourth-order valence-corrected chi connectivity index (χ4v) is 4.68. The quantitative estimate of drug-likeness (QED) is 0.186. The maximum absolute atomic E-state index is 13.8. The van der Waals surface area contributed by atoms with Gasteiger partial charge in [0.15, 0.2) is 17.3 Å². The molecular weight excluding hydrogens is 502 g/mol. The fourth-order valence-electron chi connectivity index (χ4n) is 4.68. The summed E-state index contributed by atoms with van der Waals surface area (Å²) in [6, 6.07) is 4.55. The van der Waals surface area contributed by atoms with Crippen molar-refractivity contribution in [2.45, 2.75) is 85.5 Å². The van der Waals surface area contributed by atoms with E-state index in [-0.39, 0.29) is 35.9 Å². The molecule has 0 radical (unpaired) electrons. The molecule has 39 heavy (non-hydrogen) atoms. The van der Waals surface area contributed by atoms with E-state index in [0.29, 0.717) is 43.1 Å². The third kappa shape index (κ3) is 9.71. The van der Waals surface area contributed by atoms with Crippen molar-refractivity contribution in [2.75, 3.05) is 27.4 Å². The van der Waals surface area contributed by atoms with Gasteiger partial charge in [0, 0.05) is 31.6 Å². The van der Waals surface area contributed by atoms with Gasteiger partial charge in [-0.05, 0) is 63.6 Å². The van der Waals surface area contributed by atoms with Gasteiger partial charge in [0.25, 0.3) is 0 Å². The largest absolute Gasteiger partial charge is 0.493 e. The van der Waals surface area contributed by atoms with Gasteiger partial charge in [0.2, 0.25) is 0 Å². The Hall–Kier alpha value is -2.81. The van der Waals surface area contributed by atoms with Crippen molar-refractivity contribution in [3.63, 3.8) is 0 Å². The number of rotatable bonds is 14. The topological polar surface area (TPSA) is 109 Å². The van der Waals surface area contributed by atoms with Crippen molar-refractivity contribution in [1.82, 2.24) is 5.32 Å². The number of methoxy groups -OCH3 is 2. The molecule has 1 aliphatic heterocycles. The van der Waals surface area contributed by atoms with Crippen LogP contribution in [0.5, 0.6) is 11.5 Å². The first-order valence-electron chi connectivity index (χ1n) is 13.8. The van der Waals surface area contributed by atoms with Crippen LogP contribution >= 0.6 is 0 Å². The molecular formula is C30H47NO8. The summed E-state index contributed by atoms with van der Waals surface area (Å²) < 4.78 is 27.6. The second-order valence-corrected chi connectivity index (χ2v) is 11.8. The van der Waals surface area contributed by atoms with Crippen LogP contribution in [0, 0.1) is 23.7 Å². The summed E-state index contributed by atoms with van der Waals surface area (Å²) in [5, 5.41) is 2.91. The molecule has 0 spiro atoms. The van der Waals surface area contributed by atoms with Gasteiger partial charge in [-0.3, -0.25) is 9.59 Å². The van der Waals surface area contributed by atoms with Crippen molar-refractivity contribution < 1.29 is 38.1 Å². The van der Waals surface area contributed by atoms with Crippen LogP contribution in [0.2, 0.25) is 0 Å². The molecule has 1 fully saturated rings. The van der Waals surface area contributed by atoms with Gasteiger partial charge in [-0.1, -0.05) is 27.7 Å². The number of nitrogens with one attached hydrogen (secondary N) is 1. The summed E-state index contributed by atoms with van der Waals surface area (Å²) in [5.41, 5.74) is -0.215. The number of esters is 1. The zero-order valence-corrected chi connectivity index (χ0v) is 25.0. The number of ether oxygens (including phenoxy) is 5. The number of carbonyl (C=O) groups excluding carboxylic acids is 3. The van der Waals surface area contributed by atoms with Crippen molar-refractivity contribution in [2.24, 2.45) is 23.7 Å². The predicted molar refractivity (Wildman–Crippen MR) is 148 cm³/mol. The van der Waals surface area contributed by atoms with E-state index in [2.05, 4.69) is 5.32 Å². The van der Waals surface area contributed by atoms with E-state index in [1.165, 1.54) is 0 Å². The summed E-state index contributed by atoms with van der Waals surface area (Å²) in [5.74, 6) is -0.0107. The Morgan fingerprint density at radius 2 is 1.77 bits per heavy atom. The van der Waals surface area contributed by atoms with Crippen molar-refractivity contribution in [3.05, 3.63) is 23.8 Å². The number of carbonyl (C=O) groups is 3. The van der Waals surface area contributed by atoms with Gasteiger partial charge < -0.3 is 29.0 Å². The molecule has 1 aromatic rings. The minimum Gasteiger partial charge on any atom is -0.493 e. The monoisotopic (exact) mass is 549 g/mol. The maximum atomic E-state index is 13.8. The zero-order valence-electron chi connectivity index (χ0n) is 25.0. The highest BCUT2D eigenvalue weighted by Crippen LogP contribution is 2.34. The van der Waals surface area contributed by atoms with E-state index in [1.807, 2.05) is 27.7 Å². The lowest BCUT2D eigenvalue weighted by atomic mass is 9.80. The van der Waals surface area contributed by atoms with E-state index in [9.17, 15) is 14.4 Å². The zero-order chi connectivity index (χ0) is 29.3. The Kier molecular flexibility index (Phi) is 12.1. The van der Waals surface area contributed by atoms with Crippen LogP contribution in [-0.2, 0) is 19.0 Å². The number of ketones is 1. The maximum Gasteiger partial charge on any atom is 0.408 e. The lowest BCUT2D eigenvalue weighted by molar-refractivity contribution is -0.146. The molecule has 9 nitrogen and oxygen atoms in total. The van der Waals surface area contributed by atoms with Crippen LogP contribution in [0.25, 0.3) is 0 Å². The van der Waals surface area contributed by atoms with Crippen LogP contribution in [0.1, 0.15) is 78.1 Å². The smallest absolute Gasteiger partial charge is 0.408 e. The van der Waals surface area contributed by atoms with Gasteiger partial charge in [-0.15, -0.1) is 0 Å². The summed E-state index contributed by atoms with van der Waals surface area (Å²) >= 11 is 0. The van der Waals surface area contributed by atoms with E-state index in [1.54, 1.807) is 53.2 Å². The highest BCUT2D eigenvalue weighted by atomic mass is 16.6. The summed E-state index contributed by atoms with van der Waals surface area (Å²) in [6.07, 6.45) is 0.291. The Balaban J connectivity index is 2.32. The highest BCUT2D eigenvalue weighted by Gasteiger charge is 2.43. The van der Waals surface area contributed by atoms with Crippen LogP contribution in [-0.4, -0.2) is 63.0 Å². The average molecular weight is 550 g/mol. The lowest BCUT2D eigenvalue weighted by Crippen LogP contribution is -2.47. The number of cyclic esters (lactones) is 1. The molecule has 1 aromatic carbocycles. The molecule has 1 heterocycles. The van der Waals surface area contributed by atoms with Crippen molar-refractivity contribution >= 4 is 17.8 Å². The predicted octanol–water partition coefficient (Wildman–Crippen LogP) is 5.44. The minimum absolute atomic E-state index is 0.0494. The van der Waals surface area contributed by atoms with Crippen LogP contribution < -0.4 is 14.8 Å². The molecule has 220 valence electrons. The summed E-state index contributed by atoms with van der Waals surface area (Å²) in [4.78, 5) is 39.2. The third-order valence-corrected chi connectivity index (χ3v) is 6.86. The van der Waals surface area contributed by atoms with Gasteiger partial charge in [0.05, 0.1) is 25.7 Å². The molecule has 1 unspecified atom stereocenters.